The third-order valence-corrected chi connectivity index (χ3v) is 5.15. The molecule has 0 aliphatic carbocycles. The number of rotatable bonds is 5. The lowest BCUT2D eigenvalue weighted by Crippen LogP contribution is -2.47. The summed E-state index contributed by atoms with van der Waals surface area (Å²) in [7, 11) is 0. The van der Waals surface area contributed by atoms with Crippen molar-refractivity contribution < 1.29 is 4.42 Å². The normalized spacial score (nSPS) is 14.4. The number of piperazine rings is 1. The van der Waals surface area contributed by atoms with Crippen LogP contribution in [0.1, 0.15) is 16.9 Å². The first kappa shape index (κ1) is 17.4. The molecule has 1 aliphatic rings. The Morgan fingerprint density at radius 2 is 1.81 bits per heavy atom. The van der Waals surface area contributed by atoms with Crippen molar-refractivity contribution in [2.45, 2.75) is 20.4 Å². The summed E-state index contributed by atoms with van der Waals surface area (Å²) in [4.78, 5) is 13.8. The van der Waals surface area contributed by atoms with Crippen LogP contribution >= 0.6 is 0 Å². The molecule has 0 bridgehead atoms. The molecule has 1 fully saturated rings. The molecule has 2 aromatic heterocycles. The van der Waals surface area contributed by atoms with Gasteiger partial charge in [-0.15, -0.1) is 0 Å². The van der Waals surface area contributed by atoms with Crippen LogP contribution in [0.3, 0.4) is 0 Å². The molecule has 0 saturated carbocycles. The van der Waals surface area contributed by atoms with Crippen LogP contribution in [0, 0.1) is 13.8 Å². The van der Waals surface area contributed by atoms with Crippen molar-refractivity contribution in [3.63, 3.8) is 0 Å². The lowest BCUT2D eigenvalue weighted by Gasteiger charge is -2.37. The van der Waals surface area contributed by atoms with E-state index in [4.69, 9.17) is 4.42 Å². The maximum absolute atomic E-state index is 5.35. The van der Waals surface area contributed by atoms with Gasteiger partial charge in [-0.1, -0.05) is 12.1 Å². The molecular formula is C21H25N5O. The Morgan fingerprint density at radius 3 is 2.59 bits per heavy atom. The largest absolute Gasteiger partial charge is 0.467 e. The Balaban J connectivity index is 1.39. The van der Waals surface area contributed by atoms with Gasteiger partial charge in [0.25, 0.3) is 0 Å². The average Bonchev–Trinajstić information content (AvgIpc) is 3.23. The van der Waals surface area contributed by atoms with E-state index in [0.29, 0.717) is 6.54 Å². The number of anilines is 3. The number of benzene rings is 1. The highest BCUT2D eigenvalue weighted by atomic mass is 16.3. The summed E-state index contributed by atoms with van der Waals surface area (Å²) in [5.74, 6) is 2.48. The number of hydrogen-bond acceptors (Lipinski definition) is 6. The smallest absolute Gasteiger partial charge is 0.227 e. The first-order chi connectivity index (χ1) is 13.2. The van der Waals surface area contributed by atoms with Crippen molar-refractivity contribution in [3.05, 3.63) is 65.7 Å². The van der Waals surface area contributed by atoms with Gasteiger partial charge in [-0.3, -0.25) is 0 Å². The van der Waals surface area contributed by atoms with Gasteiger partial charge in [-0.05, 0) is 49.2 Å². The fraction of sp³-hybridized carbons (Fsp3) is 0.333. The molecule has 0 unspecified atom stereocenters. The molecule has 1 saturated heterocycles. The monoisotopic (exact) mass is 363 g/mol. The Bertz CT molecular complexity index is 885. The fourth-order valence-corrected chi connectivity index (χ4v) is 3.42. The molecular weight excluding hydrogens is 338 g/mol. The van der Waals surface area contributed by atoms with Gasteiger partial charge in [-0.25, -0.2) is 4.98 Å². The van der Waals surface area contributed by atoms with Crippen LogP contribution in [0.25, 0.3) is 0 Å². The van der Waals surface area contributed by atoms with Gasteiger partial charge in [0.15, 0.2) is 0 Å². The standard InChI is InChI=1S/C21H25N5O/c1-16-5-3-7-19(17(16)2)25-10-12-26(13-11-25)21-22-9-8-20(24-21)23-15-18-6-4-14-27-18/h3-9,14H,10-13,15H2,1-2H3,(H,22,23,24). The molecule has 1 aromatic carbocycles. The van der Waals surface area contributed by atoms with Crippen LogP contribution in [0.4, 0.5) is 17.5 Å². The number of furan rings is 1. The minimum Gasteiger partial charge on any atom is -0.467 e. The summed E-state index contributed by atoms with van der Waals surface area (Å²) in [5.41, 5.74) is 4.05. The summed E-state index contributed by atoms with van der Waals surface area (Å²) >= 11 is 0. The first-order valence-electron chi connectivity index (χ1n) is 9.36. The van der Waals surface area contributed by atoms with Crippen LogP contribution in [-0.2, 0) is 6.54 Å². The molecule has 3 aromatic rings. The number of aromatic nitrogens is 2. The van der Waals surface area contributed by atoms with Gasteiger partial charge in [0.1, 0.15) is 11.6 Å². The zero-order chi connectivity index (χ0) is 18.6. The minimum absolute atomic E-state index is 0.615. The molecule has 0 atom stereocenters. The number of nitrogens with zero attached hydrogens (tertiary/aromatic N) is 4. The predicted octanol–water partition coefficient (Wildman–Crippen LogP) is 3.63. The average molecular weight is 363 g/mol. The number of hydrogen-bond donors (Lipinski definition) is 1. The quantitative estimate of drug-likeness (QED) is 0.747. The molecule has 6 nitrogen and oxygen atoms in total. The van der Waals surface area contributed by atoms with Crippen LogP contribution in [-0.4, -0.2) is 36.1 Å². The van der Waals surface area contributed by atoms with Crippen molar-refractivity contribution in [2.75, 3.05) is 41.3 Å². The molecule has 0 radical (unpaired) electrons. The van der Waals surface area contributed by atoms with Crippen LogP contribution in [0.15, 0.2) is 53.3 Å². The molecule has 27 heavy (non-hydrogen) atoms. The maximum Gasteiger partial charge on any atom is 0.227 e. The van der Waals surface area contributed by atoms with E-state index in [2.05, 4.69) is 57.1 Å². The van der Waals surface area contributed by atoms with Crippen molar-refractivity contribution >= 4 is 17.5 Å². The molecule has 0 amide bonds. The molecule has 0 spiro atoms. The summed E-state index contributed by atoms with van der Waals surface area (Å²) < 4.78 is 5.35. The van der Waals surface area contributed by atoms with Crippen molar-refractivity contribution in [1.82, 2.24) is 9.97 Å². The van der Waals surface area contributed by atoms with E-state index < -0.39 is 0 Å². The summed E-state index contributed by atoms with van der Waals surface area (Å²) in [5, 5.41) is 3.29. The van der Waals surface area contributed by atoms with E-state index >= 15 is 0 Å². The van der Waals surface area contributed by atoms with E-state index in [9.17, 15) is 0 Å². The Kier molecular flexibility index (Phi) is 4.96. The van der Waals surface area contributed by atoms with Crippen LogP contribution in [0.2, 0.25) is 0 Å². The molecule has 1 N–H and O–H groups in total. The highest BCUT2D eigenvalue weighted by Crippen LogP contribution is 2.24. The number of nitrogens with one attached hydrogen (secondary N) is 1. The van der Waals surface area contributed by atoms with Gasteiger partial charge in [0.2, 0.25) is 5.95 Å². The SMILES string of the molecule is Cc1cccc(N2CCN(c3nccc(NCc4ccco4)n3)CC2)c1C. The summed E-state index contributed by atoms with van der Waals surface area (Å²) in [6.07, 6.45) is 3.49. The van der Waals surface area contributed by atoms with E-state index in [1.165, 1.54) is 16.8 Å². The van der Waals surface area contributed by atoms with E-state index in [0.717, 1.165) is 43.7 Å². The van der Waals surface area contributed by atoms with Crippen molar-refractivity contribution in [1.29, 1.82) is 0 Å². The van der Waals surface area contributed by atoms with Gasteiger partial charge in [0, 0.05) is 38.1 Å². The summed E-state index contributed by atoms with van der Waals surface area (Å²) in [6.45, 7) is 8.75. The maximum atomic E-state index is 5.35. The van der Waals surface area contributed by atoms with E-state index in [1.54, 1.807) is 6.26 Å². The fourth-order valence-electron chi connectivity index (χ4n) is 3.42. The van der Waals surface area contributed by atoms with Crippen molar-refractivity contribution in [2.24, 2.45) is 0 Å². The van der Waals surface area contributed by atoms with Crippen molar-refractivity contribution in [3.8, 4) is 0 Å². The van der Waals surface area contributed by atoms with Gasteiger partial charge >= 0.3 is 0 Å². The first-order valence-corrected chi connectivity index (χ1v) is 9.36. The molecule has 6 heteroatoms. The third kappa shape index (κ3) is 3.89. The molecule has 3 heterocycles. The number of aryl methyl sites for hydroxylation is 1. The second-order valence-corrected chi connectivity index (χ2v) is 6.87. The Hall–Kier alpha value is -3.02. The van der Waals surface area contributed by atoms with E-state index in [1.807, 2.05) is 24.4 Å². The second kappa shape index (κ2) is 7.70. The Morgan fingerprint density at radius 1 is 1.00 bits per heavy atom. The predicted molar refractivity (Wildman–Crippen MR) is 108 cm³/mol. The summed E-state index contributed by atoms with van der Waals surface area (Å²) in [6, 6.07) is 12.2. The zero-order valence-corrected chi connectivity index (χ0v) is 15.9. The molecule has 140 valence electrons. The minimum atomic E-state index is 0.615. The highest BCUT2D eigenvalue weighted by Gasteiger charge is 2.20. The topological polar surface area (TPSA) is 57.4 Å². The van der Waals surface area contributed by atoms with Crippen LogP contribution in [0.5, 0.6) is 0 Å². The lowest BCUT2D eigenvalue weighted by molar-refractivity contribution is 0.517. The lowest BCUT2D eigenvalue weighted by atomic mass is 10.1. The molecule has 1 aliphatic heterocycles. The van der Waals surface area contributed by atoms with Gasteiger partial charge < -0.3 is 19.5 Å². The van der Waals surface area contributed by atoms with Gasteiger partial charge in [-0.2, -0.15) is 4.98 Å². The van der Waals surface area contributed by atoms with E-state index in [-0.39, 0.29) is 0 Å². The zero-order valence-electron chi connectivity index (χ0n) is 15.9. The second-order valence-electron chi connectivity index (χ2n) is 6.87. The Labute approximate surface area is 159 Å². The highest BCUT2D eigenvalue weighted by molar-refractivity contribution is 5.57. The van der Waals surface area contributed by atoms with Gasteiger partial charge in [0.05, 0.1) is 12.8 Å². The molecule has 4 rings (SSSR count). The third-order valence-electron chi connectivity index (χ3n) is 5.15. The van der Waals surface area contributed by atoms with Crippen LogP contribution < -0.4 is 15.1 Å².